The van der Waals surface area contributed by atoms with Crippen LogP contribution in [0.3, 0.4) is 0 Å². The number of carbonyl (C=O) groups excluding carboxylic acids is 1. The second kappa shape index (κ2) is 7.26. The minimum absolute atomic E-state index is 0.0813. The van der Waals surface area contributed by atoms with E-state index >= 15 is 0 Å². The van der Waals surface area contributed by atoms with Crippen molar-refractivity contribution in [2.75, 3.05) is 30.9 Å². The van der Waals surface area contributed by atoms with Crippen LogP contribution in [0.15, 0.2) is 48.5 Å². The first-order valence-corrected chi connectivity index (χ1v) is 6.90. The number of benzene rings is 2. The summed E-state index contributed by atoms with van der Waals surface area (Å²) in [4.78, 5) is 24.0. The number of nitro groups is 1. The Morgan fingerprint density at radius 3 is 2.52 bits per heavy atom. The summed E-state index contributed by atoms with van der Waals surface area (Å²) >= 11 is 0. The third-order valence-corrected chi connectivity index (χ3v) is 3.07. The van der Waals surface area contributed by atoms with Gasteiger partial charge in [0.15, 0.2) is 6.61 Å². The van der Waals surface area contributed by atoms with Gasteiger partial charge in [0.1, 0.15) is 5.75 Å². The van der Waals surface area contributed by atoms with Gasteiger partial charge in [0.05, 0.1) is 11.0 Å². The van der Waals surface area contributed by atoms with Gasteiger partial charge < -0.3 is 15.0 Å². The number of carbonyl (C=O) groups is 1. The van der Waals surface area contributed by atoms with Crippen LogP contribution in [0.2, 0.25) is 0 Å². The Balaban J connectivity index is 1.90. The lowest BCUT2D eigenvalue weighted by Gasteiger charge is -2.13. The van der Waals surface area contributed by atoms with E-state index in [0.717, 1.165) is 5.69 Å². The molecule has 0 saturated carbocycles. The Labute approximate surface area is 133 Å². The van der Waals surface area contributed by atoms with Gasteiger partial charge in [-0.2, -0.15) is 0 Å². The second-order valence-electron chi connectivity index (χ2n) is 5.03. The molecule has 120 valence electrons. The summed E-state index contributed by atoms with van der Waals surface area (Å²) in [6.07, 6.45) is 0. The van der Waals surface area contributed by atoms with Gasteiger partial charge in [-0.3, -0.25) is 14.9 Å². The molecule has 1 N–H and O–H groups in total. The Morgan fingerprint density at radius 1 is 1.22 bits per heavy atom. The van der Waals surface area contributed by atoms with E-state index in [1.807, 2.05) is 31.1 Å². The van der Waals surface area contributed by atoms with Gasteiger partial charge in [0, 0.05) is 31.5 Å². The number of amides is 1. The summed E-state index contributed by atoms with van der Waals surface area (Å²) in [5.41, 5.74) is 1.60. The van der Waals surface area contributed by atoms with Crippen molar-refractivity contribution in [1.29, 1.82) is 0 Å². The monoisotopic (exact) mass is 315 g/mol. The molecule has 0 aliphatic rings. The van der Waals surface area contributed by atoms with Crippen molar-refractivity contribution in [2.45, 2.75) is 0 Å². The zero-order valence-corrected chi connectivity index (χ0v) is 12.9. The molecule has 0 heterocycles. The molecule has 0 aliphatic heterocycles. The van der Waals surface area contributed by atoms with Crippen molar-refractivity contribution >= 4 is 23.0 Å². The van der Waals surface area contributed by atoms with Crippen molar-refractivity contribution in [3.05, 3.63) is 58.6 Å². The second-order valence-corrected chi connectivity index (χ2v) is 5.03. The number of hydrogen-bond donors (Lipinski definition) is 1. The van der Waals surface area contributed by atoms with Crippen LogP contribution in [0, 0.1) is 10.1 Å². The van der Waals surface area contributed by atoms with Crippen molar-refractivity contribution in [1.82, 2.24) is 0 Å². The van der Waals surface area contributed by atoms with Crippen LogP contribution in [0.25, 0.3) is 0 Å². The van der Waals surface area contributed by atoms with Crippen molar-refractivity contribution in [3.63, 3.8) is 0 Å². The number of non-ortho nitro benzene ring substituents is 1. The van der Waals surface area contributed by atoms with Crippen LogP contribution in [0.4, 0.5) is 17.1 Å². The van der Waals surface area contributed by atoms with E-state index in [4.69, 9.17) is 4.74 Å². The van der Waals surface area contributed by atoms with Crippen molar-refractivity contribution < 1.29 is 14.5 Å². The largest absolute Gasteiger partial charge is 0.484 e. The highest BCUT2D eigenvalue weighted by Crippen LogP contribution is 2.19. The molecule has 0 bridgehead atoms. The van der Waals surface area contributed by atoms with E-state index in [1.54, 1.807) is 18.2 Å². The molecule has 0 saturated heterocycles. The zero-order valence-electron chi connectivity index (χ0n) is 12.9. The lowest BCUT2D eigenvalue weighted by Crippen LogP contribution is -2.20. The van der Waals surface area contributed by atoms with E-state index in [1.165, 1.54) is 18.2 Å². The molecule has 7 nitrogen and oxygen atoms in total. The van der Waals surface area contributed by atoms with Crippen LogP contribution in [-0.4, -0.2) is 31.5 Å². The summed E-state index contributed by atoms with van der Waals surface area (Å²) in [5.74, 6) is -0.0635. The van der Waals surface area contributed by atoms with E-state index in [2.05, 4.69) is 5.32 Å². The fraction of sp³-hybridized carbons (Fsp3) is 0.188. The number of nitrogens with one attached hydrogen (secondary N) is 1. The smallest absolute Gasteiger partial charge is 0.273 e. The van der Waals surface area contributed by atoms with Gasteiger partial charge in [0.25, 0.3) is 11.6 Å². The SMILES string of the molecule is CN(C)c1ccc(NC(=O)COc2cccc([N+](=O)[O-])c2)cc1. The standard InChI is InChI=1S/C16H17N3O4/c1-18(2)13-8-6-12(7-9-13)17-16(20)11-23-15-5-3-4-14(10-15)19(21)22/h3-10H,11H2,1-2H3,(H,17,20). The molecule has 2 aromatic rings. The van der Waals surface area contributed by atoms with E-state index in [9.17, 15) is 14.9 Å². The Bertz CT molecular complexity index is 699. The number of anilines is 2. The van der Waals surface area contributed by atoms with Gasteiger partial charge >= 0.3 is 0 Å². The number of ether oxygens (including phenoxy) is 1. The highest BCUT2D eigenvalue weighted by molar-refractivity contribution is 5.92. The highest BCUT2D eigenvalue weighted by Gasteiger charge is 2.08. The molecular weight excluding hydrogens is 298 g/mol. The van der Waals surface area contributed by atoms with Gasteiger partial charge in [-0.25, -0.2) is 0 Å². The summed E-state index contributed by atoms with van der Waals surface area (Å²) in [6, 6.07) is 13.1. The maximum absolute atomic E-state index is 11.8. The molecule has 1 amide bonds. The summed E-state index contributed by atoms with van der Waals surface area (Å²) < 4.78 is 5.27. The van der Waals surface area contributed by atoms with E-state index in [-0.39, 0.29) is 24.0 Å². The Kier molecular flexibility index (Phi) is 5.14. The molecule has 0 unspecified atom stereocenters. The topological polar surface area (TPSA) is 84.7 Å². The molecule has 7 heteroatoms. The highest BCUT2D eigenvalue weighted by atomic mass is 16.6. The molecule has 23 heavy (non-hydrogen) atoms. The van der Waals surface area contributed by atoms with Crippen molar-refractivity contribution in [2.24, 2.45) is 0 Å². The first kappa shape index (κ1) is 16.3. The predicted molar refractivity (Wildman–Crippen MR) is 88.0 cm³/mol. The number of hydrogen-bond acceptors (Lipinski definition) is 5. The number of nitrogens with zero attached hydrogens (tertiary/aromatic N) is 2. The number of nitro benzene ring substituents is 1. The minimum Gasteiger partial charge on any atom is -0.484 e. The normalized spacial score (nSPS) is 10.0. The average molecular weight is 315 g/mol. The Hall–Kier alpha value is -3.09. The van der Waals surface area contributed by atoms with Crippen LogP contribution < -0.4 is 15.0 Å². The Morgan fingerprint density at radius 2 is 1.91 bits per heavy atom. The predicted octanol–water partition coefficient (Wildman–Crippen LogP) is 2.68. The summed E-state index contributed by atoms with van der Waals surface area (Å²) in [7, 11) is 3.86. The van der Waals surface area contributed by atoms with E-state index in [0.29, 0.717) is 5.69 Å². The van der Waals surface area contributed by atoms with Crippen LogP contribution in [-0.2, 0) is 4.79 Å². The van der Waals surface area contributed by atoms with Gasteiger partial charge in [-0.15, -0.1) is 0 Å². The average Bonchev–Trinajstić information content (AvgIpc) is 2.53. The molecule has 0 aromatic heterocycles. The first-order valence-electron chi connectivity index (χ1n) is 6.90. The molecule has 0 aliphatic carbocycles. The molecule has 0 spiro atoms. The first-order chi connectivity index (χ1) is 11.0. The third-order valence-electron chi connectivity index (χ3n) is 3.07. The molecule has 0 radical (unpaired) electrons. The fourth-order valence-corrected chi connectivity index (χ4v) is 1.88. The lowest BCUT2D eigenvalue weighted by molar-refractivity contribution is -0.384. The lowest BCUT2D eigenvalue weighted by atomic mass is 10.2. The van der Waals surface area contributed by atoms with Crippen LogP contribution in [0.5, 0.6) is 5.75 Å². The number of rotatable bonds is 6. The third kappa shape index (κ3) is 4.70. The maximum Gasteiger partial charge on any atom is 0.273 e. The van der Waals surface area contributed by atoms with Gasteiger partial charge in [-0.1, -0.05) is 6.07 Å². The van der Waals surface area contributed by atoms with Crippen molar-refractivity contribution in [3.8, 4) is 5.75 Å². The van der Waals surface area contributed by atoms with Gasteiger partial charge in [0.2, 0.25) is 0 Å². The van der Waals surface area contributed by atoms with Crippen LogP contribution >= 0.6 is 0 Å². The van der Waals surface area contributed by atoms with E-state index < -0.39 is 4.92 Å². The molecule has 0 atom stereocenters. The molecule has 0 fully saturated rings. The summed E-state index contributed by atoms with van der Waals surface area (Å²) in [6.45, 7) is -0.226. The molecule has 2 aromatic carbocycles. The zero-order chi connectivity index (χ0) is 16.8. The fourth-order valence-electron chi connectivity index (χ4n) is 1.88. The molecular formula is C16H17N3O4. The summed E-state index contributed by atoms with van der Waals surface area (Å²) in [5, 5.41) is 13.4. The molecule has 2 rings (SSSR count). The van der Waals surface area contributed by atoms with Gasteiger partial charge in [-0.05, 0) is 30.3 Å². The van der Waals surface area contributed by atoms with Crippen LogP contribution in [0.1, 0.15) is 0 Å². The quantitative estimate of drug-likeness (QED) is 0.654. The minimum atomic E-state index is -0.515. The maximum atomic E-state index is 11.8.